The zero-order chi connectivity index (χ0) is 15.0. The van der Waals surface area contributed by atoms with Gasteiger partial charge in [-0.05, 0) is 18.2 Å². The van der Waals surface area contributed by atoms with Crippen LogP contribution in [-0.4, -0.2) is 21.0 Å². The molecule has 0 aliphatic rings. The van der Waals surface area contributed by atoms with Gasteiger partial charge < -0.3 is 5.11 Å². The Bertz CT molecular complexity index is 855. The van der Waals surface area contributed by atoms with Crippen LogP contribution in [-0.2, 0) is 0 Å². The van der Waals surface area contributed by atoms with E-state index in [-0.39, 0.29) is 11.3 Å². The van der Waals surface area contributed by atoms with Crippen LogP contribution in [0, 0.1) is 10.1 Å². The highest BCUT2D eigenvalue weighted by atomic mass is 32.1. The fourth-order valence-electron chi connectivity index (χ4n) is 1.91. The quantitative estimate of drug-likeness (QED) is 0.589. The Hall–Kier alpha value is -2.80. The zero-order valence-electron chi connectivity index (χ0n) is 10.5. The molecule has 6 nitrogen and oxygen atoms in total. The van der Waals surface area contributed by atoms with Crippen molar-refractivity contribution in [1.29, 1.82) is 0 Å². The molecule has 0 unspecified atom stereocenters. The monoisotopic (exact) mass is 300 g/mol. The molecule has 3 rings (SSSR count). The van der Waals surface area contributed by atoms with Crippen molar-refractivity contribution in [3.63, 3.8) is 0 Å². The number of rotatable bonds is 3. The number of aromatic nitrogens is 1. The highest BCUT2D eigenvalue weighted by Gasteiger charge is 2.11. The number of hydrogen-bond acceptors (Lipinski definition) is 5. The van der Waals surface area contributed by atoms with E-state index in [0.29, 0.717) is 10.5 Å². The molecule has 1 N–H and O–H groups in total. The molecule has 2 aromatic carbocycles. The van der Waals surface area contributed by atoms with E-state index in [1.807, 2.05) is 0 Å². The van der Waals surface area contributed by atoms with E-state index in [1.54, 1.807) is 18.2 Å². The van der Waals surface area contributed by atoms with Crippen LogP contribution in [0.25, 0.3) is 20.8 Å². The van der Waals surface area contributed by atoms with Crippen molar-refractivity contribution in [3.8, 4) is 10.6 Å². The average Bonchev–Trinajstić information content (AvgIpc) is 2.90. The molecule has 0 spiro atoms. The third-order valence-electron chi connectivity index (χ3n) is 2.96. The predicted octanol–water partition coefficient (Wildman–Crippen LogP) is 3.57. The number of nitro benzene ring substituents is 1. The molecule has 21 heavy (non-hydrogen) atoms. The molecule has 3 aromatic rings. The van der Waals surface area contributed by atoms with Gasteiger partial charge in [0.05, 0.1) is 20.7 Å². The minimum atomic E-state index is -0.985. The molecule has 0 radical (unpaired) electrons. The number of non-ortho nitro benzene ring substituents is 1. The van der Waals surface area contributed by atoms with Gasteiger partial charge in [0, 0.05) is 17.7 Å². The highest BCUT2D eigenvalue weighted by Crippen LogP contribution is 2.32. The normalized spacial score (nSPS) is 10.7. The minimum absolute atomic E-state index is 0.0268. The molecule has 0 aliphatic heterocycles. The van der Waals surface area contributed by atoms with Gasteiger partial charge in [-0.2, -0.15) is 0 Å². The van der Waals surface area contributed by atoms with Crippen molar-refractivity contribution in [3.05, 3.63) is 58.1 Å². The fourth-order valence-corrected chi connectivity index (χ4v) is 2.91. The second kappa shape index (κ2) is 4.95. The maximum atomic E-state index is 10.8. The lowest BCUT2D eigenvalue weighted by atomic mass is 10.1. The van der Waals surface area contributed by atoms with Crippen molar-refractivity contribution in [1.82, 2.24) is 4.98 Å². The first-order valence-corrected chi connectivity index (χ1v) is 6.75. The van der Waals surface area contributed by atoms with Gasteiger partial charge in [0.1, 0.15) is 5.01 Å². The average molecular weight is 300 g/mol. The van der Waals surface area contributed by atoms with Crippen molar-refractivity contribution in [2.75, 3.05) is 0 Å². The number of fused-ring (bicyclic) bond motifs is 1. The van der Waals surface area contributed by atoms with Gasteiger partial charge in [0.2, 0.25) is 0 Å². The summed E-state index contributed by atoms with van der Waals surface area (Å²) in [5.41, 5.74) is 1.70. The van der Waals surface area contributed by atoms with E-state index < -0.39 is 10.9 Å². The maximum absolute atomic E-state index is 10.8. The smallest absolute Gasteiger partial charge is 0.335 e. The molecule has 0 aliphatic carbocycles. The number of thiazole rings is 1. The summed E-state index contributed by atoms with van der Waals surface area (Å²) in [4.78, 5) is 25.5. The zero-order valence-corrected chi connectivity index (χ0v) is 11.3. The van der Waals surface area contributed by atoms with E-state index in [9.17, 15) is 14.9 Å². The van der Waals surface area contributed by atoms with Crippen molar-refractivity contribution in [2.45, 2.75) is 0 Å². The Balaban J connectivity index is 2.04. The molecule has 104 valence electrons. The Labute approximate surface area is 122 Å². The Kier molecular flexibility index (Phi) is 3.11. The number of carbonyl (C=O) groups is 1. The molecule has 1 heterocycles. The Morgan fingerprint density at radius 2 is 1.90 bits per heavy atom. The van der Waals surface area contributed by atoms with Gasteiger partial charge in [-0.15, -0.1) is 11.3 Å². The SMILES string of the molecule is O=C(O)c1ccc(-c2nc3ccc([N+](=O)[O-])cc3s2)cc1. The fraction of sp³-hybridized carbons (Fsp3) is 0. The Morgan fingerprint density at radius 1 is 1.19 bits per heavy atom. The highest BCUT2D eigenvalue weighted by molar-refractivity contribution is 7.21. The molecule has 7 heteroatoms. The summed E-state index contributed by atoms with van der Waals surface area (Å²) in [6.45, 7) is 0. The van der Waals surface area contributed by atoms with Crippen LogP contribution < -0.4 is 0 Å². The molecule has 0 saturated heterocycles. The van der Waals surface area contributed by atoms with E-state index in [0.717, 1.165) is 10.3 Å². The van der Waals surface area contributed by atoms with Gasteiger partial charge in [0.15, 0.2) is 0 Å². The second-order valence-corrected chi connectivity index (χ2v) is 5.34. The number of nitro groups is 1. The van der Waals surface area contributed by atoms with E-state index >= 15 is 0 Å². The van der Waals surface area contributed by atoms with Crippen LogP contribution in [0.4, 0.5) is 5.69 Å². The number of carboxylic acid groups (broad SMARTS) is 1. The summed E-state index contributed by atoms with van der Waals surface area (Å²) in [5.74, 6) is -0.985. The van der Waals surface area contributed by atoms with Gasteiger partial charge >= 0.3 is 5.97 Å². The lowest BCUT2D eigenvalue weighted by Crippen LogP contribution is -1.94. The molecule has 0 amide bonds. The van der Waals surface area contributed by atoms with Gasteiger partial charge in [-0.25, -0.2) is 9.78 Å². The van der Waals surface area contributed by atoms with Gasteiger partial charge in [-0.3, -0.25) is 10.1 Å². The lowest BCUT2D eigenvalue weighted by molar-refractivity contribution is -0.384. The summed E-state index contributed by atoms with van der Waals surface area (Å²) in [5, 5.41) is 20.3. The van der Waals surface area contributed by atoms with Crippen molar-refractivity contribution < 1.29 is 14.8 Å². The Morgan fingerprint density at radius 3 is 2.52 bits per heavy atom. The summed E-state index contributed by atoms with van der Waals surface area (Å²) in [7, 11) is 0. The molecule has 0 bridgehead atoms. The largest absolute Gasteiger partial charge is 0.478 e. The standard InChI is InChI=1S/C14H8N2O4S/c17-14(18)9-3-1-8(2-4-9)13-15-11-6-5-10(16(19)20)7-12(11)21-13/h1-7H,(H,17,18). The van der Waals surface area contributed by atoms with Gasteiger partial charge in [-0.1, -0.05) is 12.1 Å². The summed E-state index contributed by atoms with van der Waals surface area (Å²) in [6, 6.07) is 10.9. The number of carboxylic acids is 1. The van der Waals surface area contributed by atoms with Crippen LogP contribution in [0.3, 0.4) is 0 Å². The second-order valence-electron chi connectivity index (χ2n) is 4.31. The third kappa shape index (κ3) is 2.46. The molecule has 0 fully saturated rings. The topological polar surface area (TPSA) is 93.3 Å². The van der Waals surface area contributed by atoms with Crippen LogP contribution >= 0.6 is 11.3 Å². The molecule has 0 saturated carbocycles. The van der Waals surface area contributed by atoms with E-state index in [2.05, 4.69) is 4.98 Å². The van der Waals surface area contributed by atoms with Crippen LogP contribution in [0.15, 0.2) is 42.5 Å². The molecule has 0 atom stereocenters. The first-order valence-electron chi connectivity index (χ1n) is 5.93. The van der Waals surface area contributed by atoms with Crippen LogP contribution in [0.5, 0.6) is 0 Å². The third-order valence-corrected chi connectivity index (χ3v) is 4.03. The van der Waals surface area contributed by atoms with Crippen LogP contribution in [0.2, 0.25) is 0 Å². The summed E-state index contributed by atoms with van der Waals surface area (Å²) in [6.07, 6.45) is 0. The number of hydrogen-bond donors (Lipinski definition) is 1. The number of benzene rings is 2. The summed E-state index contributed by atoms with van der Waals surface area (Å²) < 4.78 is 0.724. The first kappa shape index (κ1) is 13.2. The van der Waals surface area contributed by atoms with E-state index in [1.165, 1.54) is 35.6 Å². The predicted molar refractivity (Wildman–Crippen MR) is 78.7 cm³/mol. The maximum Gasteiger partial charge on any atom is 0.335 e. The van der Waals surface area contributed by atoms with Crippen LogP contribution in [0.1, 0.15) is 10.4 Å². The molecule has 1 aromatic heterocycles. The molecular weight excluding hydrogens is 292 g/mol. The van der Waals surface area contributed by atoms with Gasteiger partial charge in [0.25, 0.3) is 5.69 Å². The lowest BCUT2D eigenvalue weighted by Gasteiger charge is -1.97. The molecular formula is C14H8N2O4S. The van der Waals surface area contributed by atoms with E-state index in [4.69, 9.17) is 5.11 Å². The van der Waals surface area contributed by atoms with Crippen molar-refractivity contribution >= 4 is 33.2 Å². The first-order chi connectivity index (χ1) is 10.0. The number of nitrogens with zero attached hydrogens (tertiary/aromatic N) is 2. The van der Waals surface area contributed by atoms with Crippen molar-refractivity contribution in [2.24, 2.45) is 0 Å². The summed E-state index contributed by atoms with van der Waals surface area (Å²) >= 11 is 1.33. The number of aromatic carboxylic acids is 1. The minimum Gasteiger partial charge on any atom is -0.478 e.